The van der Waals surface area contributed by atoms with Crippen LogP contribution in [0.5, 0.6) is 0 Å². The lowest BCUT2D eigenvalue weighted by atomic mass is 10.1. The zero-order chi connectivity index (χ0) is 17.3. The maximum absolute atomic E-state index is 12.3. The lowest BCUT2D eigenvalue weighted by molar-refractivity contribution is -0.126. The third kappa shape index (κ3) is 3.03. The van der Waals surface area contributed by atoms with Crippen molar-refractivity contribution in [2.75, 3.05) is 13.6 Å². The number of thioether (sulfide) groups is 1. The quantitative estimate of drug-likeness (QED) is 0.848. The van der Waals surface area contributed by atoms with E-state index in [2.05, 4.69) is 42.0 Å². The molecule has 0 spiro atoms. The molecular formula is C17H20N4O2S. The highest BCUT2D eigenvalue weighted by atomic mass is 32.2. The smallest absolute Gasteiger partial charge is 0.325 e. The molecule has 6 nitrogen and oxygen atoms in total. The molecule has 24 heavy (non-hydrogen) atoms. The molecular weight excluding hydrogens is 324 g/mol. The predicted octanol–water partition coefficient (Wildman–Crippen LogP) is 1.96. The topological polar surface area (TPSA) is 65.0 Å². The summed E-state index contributed by atoms with van der Waals surface area (Å²) in [5.74, 6) is 0.451. The number of nitrogens with one attached hydrogen (secondary N) is 1. The van der Waals surface area contributed by atoms with Crippen LogP contribution in [0.3, 0.4) is 0 Å². The fraction of sp³-hybridized carbons (Fsp3) is 0.353. The van der Waals surface area contributed by atoms with Crippen LogP contribution in [0.1, 0.15) is 11.1 Å². The van der Waals surface area contributed by atoms with E-state index in [1.807, 2.05) is 11.0 Å². The van der Waals surface area contributed by atoms with Crippen molar-refractivity contribution in [3.63, 3.8) is 0 Å². The first-order valence-electron chi connectivity index (χ1n) is 7.72. The summed E-state index contributed by atoms with van der Waals surface area (Å²) in [6.45, 7) is 6.34. The van der Waals surface area contributed by atoms with Gasteiger partial charge in [0.15, 0.2) is 17.4 Å². The molecule has 0 aliphatic carbocycles. The zero-order valence-electron chi connectivity index (χ0n) is 13.7. The number of hydrogen-bond acceptors (Lipinski definition) is 5. The average molecular weight is 344 g/mol. The van der Waals surface area contributed by atoms with Gasteiger partial charge in [0, 0.05) is 19.3 Å². The number of imide groups is 1. The first-order valence-corrected chi connectivity index (χ1v) is 8.71. The summed E-state index contributed by atoms with van der Waals surface area (Å²) in [5.41, 5.74) is 2.41. The molecule has 0 radical (unpaired) electrons. The third-order valence-corrected chi connectivity index (χ3v) is 5.17. The molecule has 2 aliphatic rings. The monoisotopic (exact) mass is 344 g/mol. The number of rotatable bonds is 4. The van der Waals surface area contributed by atoms with Gasteiger partial charge in [0.05, 0.1) is 0 Å². The van der Waals surface area contributed by atoms with Gasteiger partial charge in [0.25, 0.3) is 5.91 Å². The summed E-state index contributed by atoms with van der Waals surface area (Å²) >= 11 is 1.58. The van der Waals surface area contributed by atoms with Crippen LogP contribution in [-0.4, -0.2) is 52.7 Å². The van der Waals surface area contributed by atoms with Crippen LogP contribution in [0.25, 0.3) is 0 Å². The van der Waals surface area contributed by atoms with Crippen molar-refractivity contribution in [1.29, 1.82) is 0 Å². The summed E-state index contributed by atoms with van der Waals surface area (Å²) in [6, 6.07) is 7.39. The van der Waals surface area contributed by atoms with Crippen LogP contribution in [-0.2, 0) is 10.5 Å². The fourth-order valence-electron chi connectivity index (χ4n) is 2.90. The van der Waals surface area contributed by atoms with Gasteiger partial charge in [-0.15, -0.1) is 6.58 Å². The highest BCUT2D eigenvalue weighted by molar-refractivity contribution is 8.13. The molecule has 1 N–H and O–H groups in total. The zero-order valence-corrected chi connectivity index (χ0v) is 14.5. The van der Waals surface area contributed by atoms with E-state index < -0.39 is 18.2 Å². The number of fused-ring (bicyclic) bond motifs is 1. The molecule has 2 aliphatic heterocycles. The molecule has 1 fully saturated rings. The number of benzene rings is 1. The Morgan fingerprint density at radius 3 is 2.92 bits per heavy atom. The molecule has 1 aromatic rings. The number of carbonyl (C=O) groups excluding carboxylic acids is 2. The van der Waals surface area contributed by atoms with E-state index in [-0.39, 0.29) is 5.91 Å². The number of urea groups is 1. The summed E-state index contributed by atoms with van der Waals surface area (Å²) in [6.07, 6.45) is 1.26. The van der Waals surface area contributed by atoms with Gasteiger partial charge in [-0.3, -0.25) is 10.1 Å². The van der Waals surface area contributed by atoms with Gasteiger partial charge in [-0.25, -0.2) is 9.79 Å². The molecule has 3 rings (SSSR count). The Labute approximate surface area is 145 Å². The number of aryl methyl sites for hydroxylation is 1. The Bertz CT molecular complexity index is 718. The molecule has 1 aromatic carbocycles. The molecule has 2 heterocycles. The average Bonchev–Trinajstić information content (AvgIpc) is 2.90. The fourth-order valence-corrected chi connectivity index (χ4v) is 3.91. The number of amides is 3. The second kappa shape index (κ2) is 6.68. The van der Waals surface area contributed by atoms with Crippen LogP contribution < -0.4 is 5.32 Å². The van der Waals surface area contributed by atoms with E-state index in [9.17, 15) is 9.59 Å². The van der Waals surface area contributed by atoms with Crippen molar-refractivity contribution >= 4 is 28.9 Å². The van der Waals surface area contributed by atoms with Crippen LogP contribution in [0.15, 0.2) is 41.9 Å². The number of nitrogens with zero attached hydrogens (tertiary/aromatic N) is 3. The van der Waals surface area contributed by atoms with Gasteiger partial charge in [0.1, 0.15) is 0 Å². The Morgan fingerprint density at radius 2 is 2.21 bits per heavy atom. The van der Waals surface area contributed by atoms with E-state index >= 15 is 0 Å². The molecule has 3 amide bonds. The van der Waals surface area contributed by atoms with Gasteiger partial charge in [-0.05, 0) is 12.5 Å². The number of hydrogen-bond donors (Lipinski definition) is 1. The van der Waals surface area contributed by atoms with Crippen molar-refractivity contribution in [1.82, 2.24) is 15.1 Å². The SMILES string of the molecule is C=CCN1C(SCc2cccc(C)c2)=NC2C1C(=O)NC(=O)N2C. The number of amidine groups is 1. The van der Waals surface area contributed by atoms with Gasteiger partial charge in [-0.1, -0.05) is 47.7 Å². The van der Waals surface area contributed by atoms with Crippen LogP contribution in [0, 0.1) is 6.92 Å². The summed E-state index contributed by atoms with van der Waals surface area (Å²) in [5, 5.41) is 3.15. The lowest BCUT2D eigenvalue weighted by Gasteiger charge is -2.35. The summed E-state index contributed by atoms with van der Waals surface area (Å²) < 4.78 is 0. The first kappa shape index (κ1) is 16.6. The normalized spacial score (nSPS) is 23.0. The third-order valence-electron chi connectivity index (χ3n) is 4.10. The number of aliphatic imine (C=N–C) groups is 1. The predicted molar refractivity (Wildman–Crippen MR) is 95.7 cm³/mol. The van der Waals surface area contributed by atoms with Crippen molar-refractivity contribution < 1.29 is 9.59 Å². The van der Waals surface area contributed by atoms with Gasteiger partial charge in [-0.2, -0.15) is 0 Å². The maximum Gasteiger partial charge on any atom is 0.325 e. The largest absolute Gasteiger partial charge is 0.332 e. The molecule has 0 bridgehead atoms. The highest BCUT2D eigenvalue weighted by Crippen LogP contribution is 2.29. The second-order valence-electron chi connectivity index (χ2n) is 5.89. The van der Waals surface area contributed by atoms with E-state index in [1.165, 1.54) is 16.0 Å². The minimum absolute atomic E-state index is 0.306. The molecule has 2 atom stereocenters. The summed E-state index contributed by atoms with van der Waals surface area (Å²) in [4.78, 5) is 32.1. The van der Waals surface area contributed by atoms with Crippen molar-refractivity contribution in [3.05, 3.63) is 48.0 Å². The van der Waals surface area contributed by atoms with E-state index in [1.54, 1.807) is 24.9 Å². The van der Waals surface area contributed by atoms with Crippen molar-refractivity contribution in [2.45, 2.75) is 24.9 Å². The van der Waals surface area contributed by atoms with Crippen LogP contribution in [0.4, 0.5) is 4.79 Å². The van der Waals surface area contributed by atoms with Gasteiger partial charge >= 0.3 is 6.03 Å². The Hall–Kier alpha value is -2.28. The van der Waals surface area contributed by atoms with E-state index in [0.717, 1.165) is 10.9 Å². The minimum Gasteiger partial charge on any atom is -0.332 e. The van der Waals surface area contributed by atoms with Crippen LogP contribution in [0.2, 0.25) is 0 Å². The van der Waals surface area contributed by atoms with Crippen molar-refractivity contribution in [2.24, 2.45) is 4.99 Å². The molecule has 2 unspecified atom stereocenters. The maximum atomic E-state index is 12.3. The molecule has 0 aromatic heterocycles. The van der Waals surface area contributed by atoms with Crippen molar-refractivity contribution in [3.8, 4) is 0 Å². The molecule has 0 saturated carbocycles. The van der Waals surface area contributed by atoms with E-state index in [0.29, 0.717) is 6.54 Å². The van der Waals surface area contributed by atoms with Gasteiger partial charge in [0.2, 0.25) is 0 Å². The second-order valence-corrected chi connectivity index (χ2v) is 6.84. The molecule has 126 valence electrons. The van der Waals surface area contributed by atoms with E-state index in [4.69, 9.17) is 0 Å². The Morgan fingerprint density at radius 1 is 1.42 bits per heavy atom. The Kier molecular flexibility index (Phi) is 4.62. The minimum atomic E-state index is -0.495. The lowest BCUT2D eigenvalue weighted by Crippen LogP contribution is -2.63. The molecule has 7 heteroatoms. The standard InChI is InChI=1S/C17H20N4O2S/c1-4-8-21-13-14(20(3)16(23)19-15(13)22)18-17(21)24-10-12-7-5-6-11(2)9-12/h4-7,9,13-14H,1,8,10H2,2-3H3,(H,19,22,23). The Balaban J connectivity index is 1.81. The first-order chi connectivity index (χ1) is 11.5. The molecule has 1 saturated heterocycles. The van der Waals surface area contributed by atoms with Crippen LogP contribution >= 0.6 is 11.8 Å². The number of likely N-dealkylation sites (N-methyl/N-ethyl adjacent to an activating group) is 1. The summed E-state index contributed by atoms with van der Waals surface area (Å²) in [7, 11) is 1.66. The highest BCUT2D eigenvalue weighted by Gasteiger charge is 2.48. The van der Waals surface area contributed by atoms with Gasteiger partial charge < -0.3 is 9.80 Å². The number of carbonyl (C=O) groups is 2.